The van der Waals surface area contributed by atoms with Crippen molar-refractivity contribution in [3.05, 3.63) is 29.7 Å². The molecule has 43 heavy (non-hydrogen) atoms. The summed E-state index contributed by atoms with van der Waals surface area (Å²) in [5, 5.41) is 9.26. The van der Waals surface area contributed by atoms with Gasteiger partial charge in [-0.3, -0.25) is 4.79 Å². The van der Waals surface area contributed by atoms with E-state index in [0.29, 0.717) is 24.5 Å². The molecule has 5 N–H and O–H groups in total. The number of nitrogens with zero attached hydrogens (tertiary/aromatic N) is 2. The average Bonchev–Trinajstić information content (AvgIpc) is 3.46. The highest BCUT2D eigenvalue weighted by Crippen LogP contribution is 2.37. The average molecular weight is 613 g/mol. The number of esters is 1. The number of halogens is 2. The van der Waals surface area contributed by atoms with Crippen molar-refractivity contribution >= 4 is 23.9 Å². The predicted octanol–water partition coefficient (Wildman–Crippen LogP) is 2.91. The number of carbonyl (C=O) groups excluding carboxylic acids is 3. The van der Waals surface area contributed by atoms with Crippen molar-refractivity contribution in [3.63, 3.8) is 0 Å². The van der Waals surface area contributed by atoms with Gasteiger partial charge in [0, 0.05) is 12.1 Å². The minimum Gasteiger partial charge on any atom is -0.489 e. The number of carbonyl (C=O) groups is 4. The SMILES string of the molecule is CC(C)(OC(=O)C1CCCN1C(=O)c1nc(-c2ccc(OC(F)F)c(OCC3CC3)c2)oc1CN)C(=O)O.COC(N)=O. The molecule has 1 atom stereocenters. The minimum atomic E-state index is -3.04. The molecule has 1 saturated carbocycles. The Bertz CT molecular complexity index is 1330. The predicted molar refractivity (Wildman–Crippen MR) is 143 cm³/mol. The molecule has 1 aliphatic carbocycles. The van der Waals surface area contributed by atoms with Crippen molar-refractivity contribution in [2.45, 2.75) is 64.3 Å². The lowest BCUT2D eigenvalue weighted by atomic mass is 10.1. The number of ether oxygens (including phenoxy) is 4. The summed E-state index contributed by atoms with van der Waals surface area (Å²) in [5.74, 6) is -2.44. The van der Waals surface area contributed by atoms with Crippen LogP contribution in [0, 0.1) is 5.92 Å². The second-order valence-electron chi connectivity index (χ2n) is 10.2. The second kappa shape index (κ2) is 14.1. The van der Waals surface area contributed by atoms with Crippen LogP contribution in [0.15, 0.2) is 22.6 Å². The summed E-state index contributed by atoms with van der Waals surface area (Å²) >= 11 is 0. The van der Waals surface area contributed by atoms with E-state index in [2.05, 4.69) is 20.2 Å². The molecule has 2 aliphatic rings. The van der Waals surface area contributed by atoms with Crippen LogP contribution in [0.5, 0.6) is 11.5 Å². The Morgan fingerprint density at radius 2 is 1.86 bits per heavy atom. The summed E-state index contributed by atoms with van der Waals surface area (Å²) in [4.78, 5) is 52.4. The van der Waals surface area contributed by atoms with Crippen LogP contribution in [0.25, 0.3) is 11.5 Å². The number of hydrogen-bond donors (Lipinski definition) is 3. The van der Waals surface area contributed by atoms with E-state index in [-0.39, 0.29) is 48.4 Å². The van der Waals surface area contributed by atoms with E-state index in [1.165, 1.54) is 44.1 Å². The lowest BCUT2D eigenvalue weighted by Crippen LogP contribution is -2.46. The van der Waals surface area contributed by atoms with Crippen LogP contribution in [0.4, 0.5) is 13.6 Å². The molecule has 16 heteroatoms. The number of hydrogen-bond acceptors (Lipinski definition) is 11. The van der Waals surface area contributed by atoms with Crippen LogP contribution in [0.1, 0.15) is 55.8 Å². The number of carboxylic acids is 1. The van der Waals surface area contributed by atoms with Crippen molar-refractivity contribution in [2.24, 2.45) is 17.4 Å². The Hall–Kier alpha value is -4.47. The number of benzene rings is 1. The summed E-state index contributed by atoms with van der Waals surface area (Å²) in [6, 6.07) is 3.17. The molecule has 4 rings (SSSR count). The molecule has 14 nitrogen and oxygen atoms in total. The monoisotopic (exact) mass is 612 g/mol. The van der Waals surface area contributed by atoms with Crippen LogP contribution in [-0.4, -0.2) is 77.4 Å². The summed E-state index contributed by atoms with van der Waals surface area (Å²) < 4.78 is 50.7. The van der Waals surface area contributed by atoms with Crippen LogP contribution in [-0.2, 0) is 25.6 Å². The van der Waals surface area contributed by atoms with E-state index in [1.807, 2.05) is 0 Å². The molecule has 0 spiro atoms. The van der Waals surface area contributed by atoms with Crippen molar-refractivity contribution in [3.8, 4) is 23.0 Å². The van der Waals surface area contributed by atoms with Gasteiger partial charge in [-0.2, -0.15) is 8.78 Å². The van der Waals surface area contributed by atoms with E-state index in [1.54, 1.807) is 0 Å². The molecule has 2 aromatic rings. The topological polar surface area (TPSA) is 207 Å². The number of primary amides is 1. The van der Waals surface area contributed by atoms with Crippen LogP contribution in [0.2, 0.25) is 0 Å². The Kier molecular flexibility index (Phi) is 10.9. The van der Waals surface area contributed by atoms with Gasteiger partial charge in [0.1, 0.15) is 6.04 Å². The first-order valence-electron chi connectivity index (χ1n) is 13.3. The fourth-order valence-electron chi connectivity index (χ4n) is 3.97. The number of aliphatic carboxylic acids is 1. The van der Waals surface area contributed by atoms with Crippen molar-refractivity contribution in [2.75, 3.05) is 20.3 Å². The van der Waals surface area contributed by atoms with Gasteiger partial charge in [-0.05, 0) is 63.6 Å². The van der Waals surface area contributed by atoms with Gasteiger partial charge in [0.15, 0.2) is 23.0 Å². The highest BCUT2D eigenvalue weighted by molar-refractivity contribution is 5.97. The van der Waals surface area contributed by atoms with Gasteiger partial charge in [-0.15, -0.1) is 0 Å². The zero-order valence-corrected chi connectivity index (χ0v) is 23.8. The molecule has 0 bridgehead atoms. The van der Waals surface area contributed by atoms with E-state index in [9.17, 15) is 33.1 Å². The van der Waals surface area contributed by atoms with E-state index in [0.717, 1.165) is 12.8 Å². The number of aromatic nitrogens is 1. The Morgan fingerprint density at radius 1 is 1.19 bits per heavy atom. The number of rotatable bonds is 11. The Labute approximate surface area is 245 Å². The molecule has 1 aromatic carbocycles. The first-order chi connectivity index (χ1) is 20.3. The van der Waals surface area contributed by atoms with Crippen LogP contribution >= 0.6 is 0 Å². The summed E-state index contributed by atoms with van der Waals surface area (Å²) in [7, 11) is 1.22. The molecule has 0 radical (unpaired) electrons. The van der Waals surface area contributed by atoms with Gasteiger partial charge >= 0.3 is 24.6 Å². The summed E-state index contributed by atoms with van der Waals surface area (Å²) in [6.45, 7) is -0.175. The molecule has 1 unspecified atom stereocenters. The zero-order chi connectivity index (χ0) is 31.9. The number of carboxylic acid groups (broad SMARTS) is 1. The quantitative estimate of drug-likeness (QED) is 0.313. The number of nitrogens with two attached hydrogens (primary N) is 2. The Morgan fingerprint density at radius 3 is 2.42 bits per heavy atom. The number of methoxy groups -OCH3 is 1. The number of oxazole rings is 1. The maximum atomic E-state index is 13.4. The Balaban J connectivity index is 0.000000934. The summed E-state index contributed by atoms with van der Waals surface area (Å²) in [6.07, 6.45) is 2.03. The molecular formula is C27H34F2N4O10. The molecule has 236 valence electrons. The van der Waals surface area contributed by atoms with Gasteiger partial charge in [0.05, 0.1) is 20.3 Å². The molecule has 1 saturated heterocycles. The van der Waals surface area contributed by atoms with Crippen molar-refractivity contribution in [1.29, 1.82) is 0 Å². The fraction of sp³-hybridized carbons (Fsp3) is 0.519. The maximum absolute atomic E-state index is 13.4. The van der Waals surface area contributed by atoms with Gasteiger partial charge in [0.2, 0.25) is 11.5 Å². The first-order valence-corrected chi connectivity index (χ1v) is 13.3. The van der Waals surface area contributed by atoms with E-state index in [4.69, 9.17) is 19.6 Å². The van der Waals surface area contributed by atoms with Gasteiger partial charge in [-0.1, -0.05) is 0 Å². The minimum absolute atomic E-state index is 0.000923. The molecular weight excluding hydrogens is 578 g/mol. The molecule has 2 fully saturated rings. The lowest BCUT2D eigenvalue weighted by Gasteiger charge is -2.27. The third kappa shape index (κ3) is 8.76. The lowest BCUT2D eigenvalue weighted by molar-refractivity contribution is -0.177. The number of alkyl halides is 2. The highest BCUT2D eigenvalue weighted by atomic mass is 19.3. The third-order valence-electron chi connectivity index (χ3n) is 6.52. The molecule has 1 aromatic heterocycles. The standard InChI is InChI=1S/C25H29F2N3O8.C2H5NO2/c1-25(2,23(33)34)38-22(32)15-4-3-9-30(15)21(31)19-18(11-28)36-20(29-19)14-7-8-16(37-24(26)27)17(10-14)35-12-13-5-6-13;1-5-2(3)4/h7-8,10,13,15,24H,3-6,9,11-12,28H2,1-2H3,(H,33,34);1H3,(H2,3,4). The maximum Gasteiger partial charge on any atom is 0.404 e. The largest absolute Gasteiger partial charge is 0.489 e. The third-order valence-corrected chi connectivity index (χ3v) is 6.52. The second-order valence-corrected chi connectivity index (χ2v) is 10.2. The molecule has 2 heterocycles. The normalized spacial score (nSPS) is 16.3. The number of likely N-dealkylation sites (tertiary alicyclic amines) is 1. The van der Waals surface area contributed by atoms with E-state index >= 15 is 0 Å². The highest BCUT2D eigenvalue weighted by Gasteiger charge is 2.41. The fourth-order valence-corrected chi connectivity index (χ4v) is 3.97. The van der Waals surface area contributed by atoms with Gasteiger partial charge in [-0.25, -0.2) is 19.4 Å². The van der Waals surface area contributed by atoms with Gasteiger partial charge in [0.25, 0.3) is 5.91 Å². The van der Waals surface area contributed by atoms with Crippen LogP contribution in [0.3, 0.4) is 0 Å². The van der Waals surface area contributed by atoms with E-state index < -0.39 is 42.2 Å². The van der Waals surface area contributed by atoms with Gasteiger partial charge < -0.3 is 44.8 Å². The zero-order valence-electron chi connectivity index (χ0n) is 23.8. The summed E-state index contributed by atoms with van der Waals surface area (Å²) in [5.41, 5.74) is 8.68. The van der Waals surface area contributed by atoms with Crippen LogP contribution < -0.4 is 20.9 Å². The smallest absolute Gasteiger partial charge is 0.404 e. The molecule has 1 aliphatic heterocycles. The number of amides is 2. The van der Waals surface area contributed by atoms with Crippen molar-refractivity contribution < 1.29 is 56.4 Å². The first kappa shape index (κ1) is 33.0. The molecule has 2 amide bonds. The van der Waals surface area contributed by atoms with Crippen molar-refractivity contribution in [1.82, 2.24) is 9.88 Å².